The van der Waals surface area contributed by atoms with Gasteiger partial charge >= 0.3 is 5.97 Å². The number of benzene rings is 3. The van der Waals surface area contributed by atoms with Crippen molar-refractivity contribution in [1.82, 2.24) is 0 Å². The molecule has 4 heteroatoms. The molecule has 1 aliphatic rings. The first-order chi connectivity index (χ1) is 19.2. The highest BCUT2D eigenvalue weighted by Gasteiger charge is 2.37. The molecule has 0 atom stereocenters. The molecule has 0 saturated carbocycles. The van der Waals surface area contributed by atoms with Gasteiger partial charge in [-0.3, -0.25) is 0 Å². The first kappa shape index (κ1) is 29.9. The Balaban J connectivity index is 1.67. The lowest BCUT2D eigenvalue weighted by Crippen LogP contribution is -2.33. The van der Waals surface area contributed by atoms with Gasteiger partial charge in [0.25, 0.3) is 0 Å². The van der Waals surface area contributed by atoms with E-state index in [1.54, 1.807) is 0 Å². The third-order valence-corrected chi connectivity index (χ3v) is 8.43. The Labute approximate surface area is 240 Å². The van der Waals surface area contributed by atoms with Gasteiger partial charge in [-0.05, 0) is 95.5 Å². The monoisotopic (exact) mass is 542 g/mol. The lowest BCUT2D eigenvalue weighted by atomic mass is 9.63. The average Bonchev–Trinajstić information content (AvgIpc) is 2.95. The van der Waals surface area contributed by atoms with Crippen LogP contribution in [0.25, 0.3) is 22.3 Å². The van der Waals surface area contributed by atoms with Gasteiger partial charge in [0, 0.05) is 12.2 Å². The second kappa shape index (κ2) is 13.0. The number of hydrogen-bond donors (Lipinski definition) is 1. The summed E-state index contributed by atoms with van der Waals surface area (Å²) in [7, 11) is 0. The van der Waals surface area contributed by atoms with Crippen LogP contribution in [0.5, 0.6) is 5.75 Å². The fraction of sp³-hybridized carbons (Fsp3) is 0.472. The maximum absolute atomic E-state index is 12.1. The van der Waals surface area contributed by atoms with E-state index >= 15 is 0 Å². The summed E-state index contributed by atoms with van der Waals surface area (Å²) in [6.45, 7) is 12.6. The number of hydrogen-bond acceptors (Lipinski definition) is 4. The topological polar surface area (TPSA) is 55.8 Å². The van der Waals surface area contributed by atoms with Gasteiger partial charge < -0.3 is 14.6 Å². The maximum atomic E-state index is 12.1. The van der Waals surface area contributed by atoms with Crippen LogP contribution in [0.4, 0.5) is 0 Å². The Morgan fingerprint density at radius 1 is 0.750 bits per heavy atom. The quantitative estimate of drug-likeness (QED) is 0.183. The molecule has 0 saturated heterocycles. The van der Waals surface area contributed by atoms with Crippen LogP contribution in [0.3, 0.4) is 0 Å². The molecule has 4 rings (SSSR count). The molecular formula is C36H46O4. The molecule has 0 spiro atoms. The molecule has 0 unspecified atom stereocenters. The molecule has 214 valence electrons. The molecule has 0 heterocycles. The van der Waals surface area contributed by atoms with Crippen molar-refractivity contribution < 1.29 is 19.4 Å². The van der Waals surface area contributed by atoms with E-state index in [4.69, 9.17) is 14.6 Å². The number of unbranched alkanes of at least 4 members (excludes halogenated alkanes) is 4. The highest BCUT2D eigenvalue weighted by molar-refractivity contribution is 5.90. The van der Waals surface area contributed by atoms with Gasteiger partial charge in [-0.15, -0.1) is 0 Å². The summed E-state index contributed by atoms with van der Waals surface area (Å²) in [5, 5.41) is 9.01. The van der Waals surface area contributed by atoms with Crippen molar-refractivity contribution in [3.8, 4) is 28.0 Å². The molecule has 4 nitrogen and oxygen atoms in total. The van der Waals surface area contributed by atoms with Crippen molar-refractivity contribution in [1.29, 1.82) is 0 Å². The van der Waals surface area contributed by atoms with Crippen molar-refractivity contribution in [3.63, 3.8) is 0 Å². The largest absolute Gasteiger partial charge is 0.493 e. The molecule has 1 aliphatic carbocycles. The molecule has 1 N–H and O–H groups in total. The van der Waals surface area contributed by atoms with Crippen LogP contribution in [0.1, 0.15) is 101 Å². The Hall–Kier alpha value is -3.11. The van der Waals surface area contributed by atoms with Crippen molar-refractivity contribution in [3.05, 3.63) is 77.4 Å². The summed E-state index contributed by atoms with van der Waals surface area (Å²) in [6.07, 6.45) is 7.51. The molecule has 0 radical (unpaired) electrons. The Kier molecular flexibility index (Phi) is 9.73. The number of ether oxygens (including phenoxy) is 2. The fourth-order valence-corrected chi connectivity index (χ4v) is 5.76. The molecule has 3 aromatic carbocycles. The molecule has 3 aromatic rings. The second-order valence-electron chi connectivity index (χ2n) is 12.4. The van der Waals surface area contributed by atoms with E-state index in [-0.39, 0.29) is 23.4 Å². The number of carbonyl (C=O) groups excluding carboxylic acids is 1. The normalized spacial score (nSPS) is 15.3. The van der Waals surface area contributed by atoms with Gasteiger partial charge in [-0.25, -0.2) is 4.79 Å². The zero-order valence-corrected chi connectivity index (χ0v) is 25.0. The van der Waals surface area contributed by atoms with Crippen molar-refractivity contribution in [2.45, 2.75) is 90.4 Å². The number of aliphatic hydroxyl groups is 1. The summed E-state index contributed by atoms with van der Waals surface area (Å²) in [6, 6.07) is 21.0. The zero-order chi connectivity index (χ0) is 28.8. The van der Waals surface area contributed by atoms with Gasteiger partial charge in [0.1, 0.15) is 5.75 Å². The molecular weight excluding hydrogens is 496 g/mol. The Morgan fingerprint density at radius 3 is 2.08 bits per heavy atom. The van der Waals surface area contributed by atoms with Crippen LogP contribution >= 0.6 is 0 Å². The summed E-state index contributed by atoms with van der Waals surface area (Å²) in [4.78, 5) is 12.1. The standard InChI is InChI=1S/C36H46O4/c1-6-39-34(38)27-14-12-26(13-15-27)28-17-19-33(40-23-11-9-7-8-10-22-37)30(24-28)29-16-18-31-32(25-29)36(4,5)21-20-35(31,2)3/h12-19,24-25,37H,6-11,20-23H2,1-5H3. The first-order valence-electron chi connectivity index (χ1n) is 15.0. The van der Waals surface area contributed by atoms with E-state index in [9.17, 15) is 4.79 Å². The van der Waals surface area contributed by atoms with Gasteiger partial charge in [0.2, 0.25) is 0 Å². The van der Waals surface area contributed by atoms with Crippen LogP contribution in [-0.2, 0) is 15.6 Å². The summed E-state index contributed by atoms with van der Waals surface area (Å²) in [5.74, 6) is 0.601. The molecule has 0 bridgehead atoms. The van der Waals surface area contributed by atoms with Gasteiger partial charge in [-0.1, -0.05) is 83.4 Å². The lowest BCUT2D eigenvalue weighted by Gasteiger charge is -2.42. The number of fused-ring (bicyclic) bond motifs is 1. The average molecular weight is 543 g/mol. The van der Waals surface area contributed by atoms with Crippen LogP contribution in [0, 0.1) is 0 Å². The summed E-state index contributed by atoms with van der Waals surface area (Å²) in [5.41, 5.74) is 8.12. The number of rotatable bonds is 12. The molecule has 0 aliphatic heterocycles. The van der Waals surface area contributed by atoms with E-state index < -0.39 is 0 Å². The second-order valence-corrected chi connectivity index (χ2v) is 12.4. The van der Waals surface area contributed by atoms with E-state index in [2.05, 4.69) is 64.1 Å². The van der Waals surface area contributed by atoms with Crippen molar-refractivity contribution >= 4 is 5.97 Å². The smallest absolute Gasteiger partial charge is 0.338 e. The van der Waals surface area contributed by atoms with Gasteiger partial charge in [-0.2, -0.15) is 0 Å². The minimum absolute atomic E-state index is 0.122. The summed E-state index contributed by atoms with van der Waals surface area (Å²) >= 11 is 0. The lowest BCUT2D eigenvalue weighted by molar-refractivity contribution is 0.0526. The Morgan fingerprint density at radius 2 is 1.38 bits per heavy atom. The Bertz CT molecular complexity index is 1290. The van der Waals surface area contributed by atoms with E-state index in [0.29, 0.717) is 18.8 Å². The number of aliphatic hydroxyl groups excluding tert-OH is 1. The van der Waals surface area contributed by atoms with Crippen molar-refractivity contribution in [2.75, 3.05) is 19.8 Å². The number of esters is 1. The molecule has 40 heavy (non-hydrogen) atoms. The molecule has 0 amide bonds. The summed E-state index contributed by atoms with van der Waals surface area (Å²) < 4.78 is 11.5. The number of carbonyl (C=O) groups is 1. The van der Waals surface area contributed by atoms with E-state index in [1.807, 2.05) is 31.2 Å². The highest BCUT2D eigenvalue weighted by atomic mass is 16.5. The van der Waals surface area contributed by atoms with Crippen LogP contribution in [0.15, 0.2) is 60.7 Å². The van der Waals surface area contributed by atoms with Gasteiger partial charge in [0.05, 0.1) is 18.8 Å². The third kappa shape index (κ3) is 6.96. The molecule has 0 fully saturated rings. The highest BCUT2D eigenvalue weighted by Crippen LogP contribution is 2.47. The fourth-order valence-electron chi connectivity index (χ4n) is 5.76. The van der Waals surface area contributed by atoms with E-state index in [1.165, 1.54) is 29.5 Å². The minimum atomic E-state index is -0.297. The predicted molar refractivity (Wildman–Crippen MR) is 164 cm³/mol. The SMILES string of the molecule is CCOC(=O)c1ccc(-c2ccc(OCCCCCCCO)c(-c3ccc4c(c3)C(C)(C)CCC4(C)C)c2)cc1. The van der Waals surface area contributed by atoms with Crippen LogP contribution in [0.2, 0.25) is 0 Å². The third-order valence-electron chi connectivity index (χ3n) is 8.43. The van der Waals surface area contributed by atoms with E-state index in [0.717, 1.165) is 54.5 Å². The van der Waals surface area contributed by atoms with Crippen LogP contribution < -0.4 is 4.74 Å². The van der Waals surface area contributed by atoms with Crippen molar-refractivity contribution in [2.24, 2.45) is 0 Å². The zero-order valence-electron chi connectivity index (χ0n) is 25.0. The molecule has 0 aromatic heterocycles. The maximum Gasteiger partial charge on any atom is 0.338 e. The first-order valence-corrected chi connectivity index (χ1v) is 15.0. The van der Waals surface area contributed by atoms with Crippen LogP contribution in [-0.4, -0.2) is 30.9 Å². The predicted octanol–water partition coefficient (Wildman–Crippen LogP) is 8.87. The van der Waals surface area contributed by atoms with Gasteiger partial charge in [0.15, 0.2) is 0 Å². The minimum Gasteiger partial charge on any atom is -0.493 e.